The molecule has 2 heterocycles. The SMILES string of the molecule is CN1CCN(c2ccc(NC(=O)Nc3cccc([N+](=O)[O-])c3)cn2)CC1. The summed E-state index contributed by atoms with van der Waals surface area (Å²) >= 11 is 0. The number of pyridine rings is 1. The Morgan fingerprint density at radius 1 is 1.12 bits per heavy atom. The molecule has 1 aliphatic heterocycles. The number of aromatic nitrogens is 1. The molecule has 1 saturated heterocycles. The van der Waals surface area contributed by atoms with Gasteiger partial charge in [-0.1, -0.05) is 6.07 Å². The number of likely N-dealkylation sites (N-methyl/N-ethyl adjacent to an activating group) is 1. The van der Waals surface area contributed by atoms with Crippen molar-refractivity contribution in [2.75, 3.05) is 48.8 Å². The van der Waals surface area contributed by atoms with Crippen molar-refractivity contribution in [3.05, 3.63) is 52.7 Å². The molecule has 0 atom stereocenters. The summed E-state index contributed by atoms with van der Waals surface area (Å²) in [6.07, 6.45) is 1.60. The Bertz CT molecular complexity index is 787. The predicted octanol–water partition coefficient (Wildman–Crippen LogP) is 2.39. The average molecular weight is 356 g/mol. The molecular weight excluding hydrogens is 336 g/mol. The van der Waals surface area contributed by atoms with Crippen LogP contribution in [-0.2, 0) is 0 Å². The number of nitrogens with zero attached hydrogens (tertiary/aromatic N) is 4. The number of nitro groups is 1. The summed E-state index contributed by atoms with van der Waals surface area (Å²) in [6, 6.07) is 8.93. The Kier molecular flexibility index (Phi) is 5.28. The van der Waals surface area contributed by atoms with Gasteiger partial charge in [0, 0.05) is 44.0 Å². The molecule has 9 heteroatoms. The molecule has 0 radical (unpaired) electrons. The summed E-state index contributed by atoms with van der Waals surface area (Å²) in [5.74, 6) is 0.878. The summed E-state index contributed by atoms with van der Waals surface area (Å²) in [5, 5.41) is 16.0. The number of anilines is 3. The first-order valence-corrected chi connectivity index (χ1v) is 8.23. The van der Waals surface area contributed by atoms with Gasteiger partial charge in [-0.2, -0.15) is 0 Å². The molecule has 9 nitrogen and oxygen atoms in total. The Morgan fingerprint density at radius 2 is 1.85 bits per heavy atom. The normalized spacial score (nSPS) is 14.7. The van der Waals surface area contributed by atoms with E-state index in [0.29, 0.717) is 11.4 Å². The predicted molar refractivity (Wildman–Crippen MR) is 99.7 cm³/mol. The number of non-ortho nitro benzene ring substituents is 1. The number of benzene rings is 1. The lowest BCUT2D eigenvalue weighted by Gasteiger charge is -2.33. The summed E-state index contributed by atoms with van der Waals surface area (Å²) in [4.78, 5) is 31.2. The van der Waals surface area contributed by atoms with Gasteiger partial charge in [0.15, 0.2) is 0 Å². The van der Waals surface area contributed by atoms with Crippen molar-refractivity contribution < 1.29 is 9.72 Å². The first-order valence-electron chi connectivity index (χ1n) is 8.23. The van der Waals surface area contributed by atoms with Crippen LogP contribution in [0.25, 0.3) is 0 Å². The smallest absolute Gasteiger partial charge is 0.323 e. The van der Waals surface area contributed by atoms with Crippen LogP contribution in [0.15, 0.2) is 42.6 Å². The highest BCUT2D eigenvalue weighted by atomic mass is 16.6. The molecule has 1 aromatic carbocycles. The molecular formula is C17H20N6O3. The maximum Gasteiger partial charge on any atom is 0.323 e. The molecule has 0 bridgehead atoms. The molecule has 0 unspecified atom stereocenters. The van der Waals surface area contributed by atoms with Gasteiger partial charge < -0.3 is 20.4 Å². The average Bonchev–Trinajstić information content (AvgIpc) is 2.63. The van der Waals surface area contributed by atoms with Gasteiger partial charge in [-0.05, 0) is 25.2 Å². The molecule has 3 rings (SSSR count). The van der Waals surface area contributed by atoms with Crippen molar-refractivity contribution in [1.29, 1.82) is 0 Å². The third kappa shape index (κ3) is 4.45. The first-order chi connectivity index (χ1) is 12.5. The van der Waals surface area contributed by atoms with Crippen LogP contribution >= 0.6 is 0 Å². The highest BCUT2D eigenvalue weighted by Crippen LogP contribution is 2.18. The zero-order valence-electron chi connectivity index (χ0n) is 14.4. The van der Waals surface area contributed by atoms with Gasteiger partial charge >= 0.3 is 6.03 Å². The number of nitro benzene ring substituents is 1. The fraction of sp³-hybridized carbons (Fsp3) is 0.294. The van der Waals surface area contributed by atoms with Crippen molar-refractivity contribution in [2.45, 2.75) is 0 Å². The van der Waals surface area contributed by atoms with E-state index >= 15 is 0 Å². The number of nitrogens with one attached hydrogen (secondary N) is 2. The van der Waals surface area contributed by atoms with Gasteiger partial charge in [0.1, 0.15) is 5.82 Å². The lowest BCUT2D eigenvalue weighted by atomic mass is 10.3. The summed E-state index contributed by atoms with van der Waals surface area (Å²) in [7, 11) is 2.09. The summed E-state index contributed by atoms with van der Waals surface area (Å²) in [5.41, 5.74) is 0.811. The molecule has 2 N–H and O–H groups in total. The van der Waals surface area contributed by atoms with Crippen LogP contribution in [0, 0.1) is 10.1 Å². The number of amides is 2. The van der Waals surface area contributed by atoms with Crippen LogP contribution in [0.3, 0.4) is 0 Å². The van der Waals surface area contributed by atoms with Crippen molar-refractivity contribution in [3.8, 4) is 0 Å². The summed E-state index contributed by atoms with van der Waals surface area (Å²) < 4.78 is 0. The van der Waals surface area contributed by atoms with Gasteiger partial charge in [0.25, 0.3) is 5.69 Å². The number of hydrogen-bond acceptors (Lipinski definition) is 6. The third-order valence-corrected chi connectivity index (χ3v) is 4.15. The molecule has 1 aromatic heterocycles. The van der Waals surface area contributed by atoms with Crippen LogP contribution < -0.4 is 15.5 Å². The number of rotatable bonds is 4. The second kappa shape index (κ2) is 7.79. The number of carbonyl (C=O) groups is 1. The molecule has 0 spiro atoms. The molecule has 0 aliphatic carbocycles. The van der Waals surface area contributed by atoms with Gasteiger partial charge in [-0.25, -0.2) is 9.78 Å². The van der Waals surface area contributed by atoms with E-state index < -0.39 is 11.0 Å². The van der Waals surface area contributed by atoms with Crippen LogP contribution in [-0.4, -0.2) is 54.1 Å². The molecule has 2 amide bonds. The zero-order chi connectivity index (χ0) is 18.5. The Morgan fingerprint density at radius 3 is 2.50 bits per heavy atom. The van der Waals surface area contributed by atoms with E-state index in [1.54, 1.807) is 18.3 Å². The van der Waals surface area contributed by atoms with E-state index in [2.05, 4.69) is 32.5 Å². The highest BCUT2D eigenvalue weighted by Gasteiger charge is 2.15. The van der Waals surface area contributed by atoms with Crippen LogP contribution in [0.2, 0.25) is 0 Å². The number of piperazine rings is 1. The maximum atomic E-state index is 12.0. The second-order valence-corrected chi connectivity index (χ2v) is 6.08. The van der Waals surface area contributed by atoms with Crippen molar-refractivity contribution in [3.63, 3.8) is 0 Å². The van der Waals surface area contributed by atoms with Gasteiger partial charge in [0.2, 0.25) is 0 Å². The standard InChI is InChI=1S/C17H20N6O3/c1-21-7-9-22(10-8-21)16-6-5-14(12-18-16)20-17(24)19-13-3-2-4-15(11-13)23(25)26/h2-6,11-12H,7-10H2,1H3,(H2,19,20,24). The van der Waals surface area contributed by atoms with Crippen LogP contribution in [0.1, 0.15) is 0 Å². The molecule has 26 heavy (non-hydrogen) atoms. The molecule has 136 valence electrons. The number of hydrogen-bond donors (Lipinski definition) is 2. The fourth-order valence-corrected chi connectivity index (χ4v) is 2.67. The minimum Gasteiger partial charge on any atom is -0.354 e. The van der Waals surface area contributed by atoms with Gasteiger partial charge in [-0.15, -0.1) is 0 Å². The van der Waals surface area contributed by atoms with E-state index in [1.165, 1.54) is 18.2 Å². The largest absolute Gasteiger partial charge is 0.354 e. The fourth-order valence-electron chi connectivity index (χ4n) is 2.67. The Labute approximate surface area is 150 Å². The Balaban J connectivity index is 1.57. The van der Waals surface area contributed by atoms with E-state index in [4.69, 9.17) is 0 Å². The lowest BCUT2D eigenvalue weighted by Crippen LogP contribution is -2.44. The van der Waals surface area contributed by atoms with E-state index in [9.17, 15) is 14.9 Å². The van der Waals surface area contributed by atoms with Crippen molar-refractivity contribution >= 4 is 28.9 Å². The minimum atomic E-state index is -0.510. The topological polar surface area (TPSA) is 104 Å². The van der Waals surface area contributed by atoms with Crippen molar-refractivity contribution in [1.82, 2.24) is 9.88 Å². The molecule has 0 saturated carbocycles. The summed E-state index contributed by atoms with van der Waals surface area (Å²) in [6.45, 7) is 3.83. The van der Waals surface area contributed by atoms with Gasteiger partial charge in [-0.3, -0.25) is 10.1 Å². The monoisotopic (exact) mass is 356 g/mol. The molecule has 2 aromatic rings. The first kappa shape index (κ1) is 17.6. The van der Waals surface area contributed by atoms with Gasteiger partial charge in [0.05, 0.1) is 16.8 Å². The molecule has 1 fully saturated rings. The van der Waals surface area contributed by atoms with E-state index in [0.717, 1.165) is 32.0 Å². The van der Waals surface area contributed by atoms with E-state index in [-0.39, 0.29) is 5.69 Å². The number of carbonyl (C=O) groups excluding carboxylic acids is 1. The third-order valence-electron chi connectivity index (χ3n) is 4.15. The second-order valence-electron chi connectivity index (χ2n) is 6.08. The highest BCUT2D eigenvalue weighted by molar-refractivity contribution is 5.99. The van der Waals surface area contributed by atoms with Crippen LogP contribution in [0.4, 0.5) is 27.7 Å². The Hall–Kier alpha value is -3.20. The van der Waals surface area contributed by atoms with Crippen molar-refractivity contribution in [2.24, 2.45) is 0 Å². The maximum absolute atomic E-state index is 12.0. The van der Waals surface area contributed by atoms with Crippen LogP contribution in [0.5, 0.6) is 0 Å². The lowest BCUT2D eigenvalue weighted by molar-refractivity contribution is -0.384. The number of urea groups is 1. The zero-order valence-corrected chi connectivity index (χ0v) is 14.4. The molecule has 1 aliphatic rings. The van der Waals surface area contributed by atoms with E-state index in [1.807, 2.05) is 6.07 Å². The quantitative estimate of drug-likeness (QED) is 0.644. The minimum absolute atomic E-state index is 0.0824.